The number of hydrogen-bond acceptors (Lipinski definition) is 1. The first kappa shape index (κ1) is 13.6. The Bertz CT molecular complexity index is 217. The smallest absolute Gasteiger partial charge is 0.0104 e. The predicted molar refractivity (Wildman–Crippen MR) is 71.3 cm³/mol. The maximum Gasteiger partial charge on any atom is 0.0104 e. The summed E-state index contributed by atoms with van der Waals surface area (Å²) in [5.41, 5.74) is 0. The van der Waals surface area contributed by atoms with Gasteiger partial charge in [0.15, 0.2) is 0 Å². The van der Waals surface area contributed by atoms with E-state index in [1.54, 1.807) is 0 Å². The third-order valence-electron chi connectivity index (χ3n) is 3.63. The molecule has 0 radical (unpaired) electrons. The van der Waals surface area contributed by atoms with Crippen molar-refractivity contribution in [2.24, 2.45) is 5.92 Å². The van der Waals surface area contributed by atoms with E-state index in [0.29, 0.717) is 0 Å². The van der Waals surface area contributed by atoms with Crippen LogP contribution in [0.1, 0.15) is 65.2 Å². The molecule has 0 saturated heterocycles. The zero-order chi connectivity index (χ0) is 11.6. The van der Waals surface area contributed by atoms with Crippen LogP contribution >= 0.6 is 0 Å². The molecule has 0 aliphatic heterocycles. The largest absolute Gasteiger partial charge is 0.314 e. The molecular formula is C15H27N. The van der Waals surface area contributed by atoms with Crippen molar-refractivity contribution in [3.05, 3.63) is 0 Å². The quantitative estimate of drug-likeness (QED) is 0.674. The maximum absolute atomic E-state index is 3.73. The highest BCUT2D eigenvalue weighted by Gasteiger charge is 2.22. The SMILES string of the molecule is CC#CCCC(NCCC)C1CCCCC1. The Balaban J connectivity index is 2.36. The molecule has 0 bridgehead atoms. The third kappa shape index (κ3) is 5.03. The molecule has 1 heteroatoms. The minimum Gasteiger partial charge on any atom is -0.314 e. The highest BCUT2D eigenvalue weighted by Crippen LogP contribution is 2.28. The van der Waals surface area contributed by atoms with Crippen LogP contribution in [0.25, 0.3) is 0 Å². The maximum atomic E-state index is 3.73. The van der Waals surface area contributed by atoms with Crippen LogP contribution in [-0.2, 0) is 0 Å². The lowest BCUT2D eigenvalue weighted by Gasteiger charge is -2.30. The highest BCUT2D eigenvalue weighted by atomic mass is 14.9. The average molecular weight is 221 g/mol. The van der Waals surface area contributed by atoms with Gasteiger partial charge in [-0.15, -0.1) is 11.8 Å². The molecule has 1 aliphatic carbocycles. The molecule has 1 fully saturated rings. The molecule has 1 N–H and O–H groups in total. The van der Waals surface area contributed by atoms with Crippen molar-refractivity contribution in [3.63, 3.8) is 0 Å². The van der Waals surface area contributed by atoms with Crippen LogP contribution < -0.4 is 5.32 Å². The monoisotopic (exact) mass is 221 g/mol. The van der Waals surface area contributed by atoms with Crippen LogP contribution in [0.3, 0.4) is 0 Å². The van der Waals surface area contributed by atoms with Crippen LogP contribution in [0.15, 0.2) is 0 Å². The van der Waals surface area contributed by atoms with E-state index in [0.717, 1.165) is 18.4 Å². The standard InChI is InChI=1S/C15H27N/c1-3-5-7-12-15(16-13-4-2)14-10-8-6-9-11-14/h14-16H,4,6-13H2,1-2H3. The summed E-state index contributed by atoms with van der Waals surface area (Å²) in [7, 11) is 0. The van der Waals surface area contributed by atoms with E-state index in [9.17, 15) is 0 Å². The third-order valence-corrected chi connectivity index (χ3v) is 3.63. The molecule has 0 aromatic carbocycles. The first-order valence-corrected chi connectivity index (χ1v) is 7.01. The Morgan fingerprint density at radius 3 is 2.62 bits per heavy atom. The topological polar surface area (TPSA) is 12.0 Å². The summed E-state index contributed by atoms with van der Waals surface area (Å²) >= 11 is 0. The summed E-state index contributed by atoms with van der Waals surface area (Å²) in [6.45, 7) is 5.35. The lowest BCUT2D eigenvalue weighted by atomic mass is 9.82. The van der Waals surface area contributed by atoms with Crippen LogP contribution in [0, 0.1) is 17.8 Å². The van der Waals surface area contributed by atoms with Gasteiger partial charge in [-0.25, -0.2) is 0 Å². The molecular weight excluding hydrogens is 194 g/mol. The van der Waals surface area contributed by atoms with Crippen molar-refractivity contribution in [1.82, 2.24) is 5.32 Å². The molecule has 0 aromatic rings. The van der Waals surface area contributed by atoms with Gasteiger partial charge in [0.1, 0.15) is 0 Å². The fourth-order valence-electron chi connectivity index (χ4n) is 2.72. The molecule has 0 aromatic heterocycles. The summed E-state index contributed by atoms with van der Waals surface area (Å²) in [5, 5.41) is 3.73. The van der Waals surface area contributed by atoms with Crippen molar-refractivity contribution in [2.45, 2.75) is 71.3 Å². The minimum absolute atomic E-state index is 0.723. The lowest BCUT2D eigenvalue weighted by Crippen LogP contribution is -2.37. The Morgan fingerprint density at radius 2 is 2.00 bits per heavy atom. The number of nitrogens with one attached hydrogen (secondary N) is 1. The summed E-state index contributed by atoms with van der Waals surface area (Å²) in [4.78, 5) is 0. The molecule has 1 nitrogen and oxygen atoms in total. The van der Waals surface area contributed by atoms with E-state index < -0.39 is 0 Å². The van der Waals surface area contributed by atoms with Crippen LogP contribution in [0.5, 0.6) is 0 Å². The van der Waals surface area contributed by atoms with Crippen molar-refractivity contribution in [3.8, 4) is 11.8 Å². The summed E-state index contributed by atoms with van der Waals surface area (Å²) in [5.74, 6) is 7.12. The Labute approximate surface area is 101 Å². The van der Waals surface area contributed by atoms with Crippen molar-refractivity contribution in [2.75, 3.05) is 6.54 Å². The Morgan fingerprint density at radius 1 is 1.25 bits per heavy atom. The summed E-state index contributed by atoms with van der Waals surface area (Å²) in [6, 6.07) is 0.723. The van der Waals surface area contributed by atoms with E-state index >= 15 is 0 Å². The van der Waals surface area contributed by atoms with Gasteiger partial charge in [0.2, 0.25) is 0 Å². The molecule has 0 heterocycles. The Hall–Kier alpha value is -0.480. The van der Waals surface area contributed by atoms with E-state index in [4.69, 9.17) is 0 Å². The molecule has 1 saturated carbocycles. The van der Waals surface area contributed by atoms with Crippen molar-refractivity contribution in [1.29, 1.82) is 0 Å². The summed E-state index contributed by atoms with van der Waals surface area (Å²) in [6.07, 6.45) is 10.7. The fraction of sp³-hybridized carbons (Fsp3) is 0.867. The zero-order valence-electron chi connectivity index (χ0n) is 11.0. The average Bonchev–Trinajstić information content (AvgIpc) is 2.35. The van der Waals surface area contributed by atoms with Crippen LogP contribution in [-0.4, -0.2) is 12.6 Å². The van der Waals surface area contributed by atoms with Gasteiger partial charge in [-0.05, 0) is 45.1 Å². The zero-order valence-corrected chi connectivity index (χ0v) is 11.0. The van der Waals surface area contributed by atoms with Gasteiger partial charge in [-0.1, -0.05) is 26.2 Å². The minimum atomic E-state index is 0.723. The molecule has 0 spiro atoms. The molecule has 1 rings (SSSR count). The highest BCUT2D eigenvalue weighted by molar-refractivity contribution is 4.96. The van der Waals surface area contributed by atoms with Gasteiger partial charge in [0.25, 0.3) is 0 Å². The first-order valence-electron chi connectivity index (χ1n) is 7.01. The van der Waals surface area contributed by atoms with Gasteiger partial charge in [-0.3, -0.25) is 0 Å². The van der Waals surface area contributed by atoms with Gasteiger partial charge in [0, 0.05) is 12.5 Å². The van der Waals surface area contributed by atoms with Crippen LogP contribution in [0.4, 0.5) is 0 Å². The van der Waals surface area contributed by atoms with Gasteiger partial charge in [-0.2, -0.15) is 0 Å². The normalized spacial score (nSPS) is 18.9. The second kappa shape index (κ2) is 8.65. The lowest BCUT2D eigenvalue weighted by molar-refractivity contribution is 0.260. The molecule has 1 aliphatic rings. The van der Waals surface area contributed by atoms with Gasteiger partial charge in [0.05, 0.1) is 0 Å². The van der Waals surface area contributed by atoms with E-state index in [-0.39, 0.29) is 0 Å². The fourth-order valence-corrected chi connectivity index (χ4v) is 2.72. The molecule has 1 unspecified atom stereocenters. The molecule has 92 valence electrons. The first-order chi connectivity index (χ1) is 7.88. The van der Waals surface area contributed by atoms with E-state index in [1.807, 2.05) is 6.92 Å². The second-order valence-electron chi connectivity index (χ2n) is 4.92. The molecule has 16 heavy (non-hydrogen) atoms. The molecule has 0 amide bonds. The van der Waals surface area contributed by atoms with Crippen molar-refractivity contribution >= 4 is 0 Å². The summed E-state index contributed by atoms with van der Waals surface area (Å²) < 4.78 is 0. The Kier molecular flexibility index (Phi) is 7.34. The second-order valence-corrected chi connectivity index (χ2v) is 4.92. The van der Waals surface area contributed by atoms with E-state index in [2.05, 4.69) is 24.1 Å². The van der Waals surface area contributed by atoms with Gasteiger partial charge >= 0.3 is 0 Å². The predicted octanol–water partition coefficient (Wildman–Crippen LogP) is 3.74. The number of rotatable bonds is 6. The van der Waals surface area contributed by atoms with Crippen molar-refractivity contribution < 1.29 is 0 Å². The van der Waals surface area contributed by atoms with Gasteiger partial charge < -0.3 is 5.32 Å². The van der Waals surface area contributed by atoms with E-state index in [1.165, 1.54) is 51.5 Å². The number of hydrogen-bond donors (Lipinski definition) is 1. The molecule has 1 atom stereocenters. The van der Waals surface area contributed by atoms with Crippen LogP contribution in [0.2, 0.25) is 0 Å².